The largest absolute Gasteiger partial charge is 0.426 e. The molecule has 0 atom stereocenters. The van der Waals surface area contributed by atoms with E-state index in [0.29, 0.717) is 59.7 Å². The van der Waals surface area contributed by atoms with Crippen molar-refractivity contribution in [3.8, 4) is 11.5 Å². The molecular formula is C36H32F2N2O6. The molecule has 0 bridgehead atoms. The molecule has 4 aromatic rings. The first-order valence-corrected chi connectivity index (χ1v) is 14.8. The molecule has 236 valence electrons. The van der Waals surface area contributed by atoms with Crippen molar-refractivity contribution in [1.29, 1.82) is 0 Å². The fourth-order valence-electron chi connectivity index (χ4n) is 5.25. The van der Waals surface area contributed by atoms with E-state index in [1.54, 1.807) is 62.6 Å². The Labute approximate surface area is 265 Å². The quantitative estimate of drug-likeness (QED) is 0.157. The first kappa shape index (κ1) is 32.0. The van der Waals surface area contributed by atoms with Gasteiger partial charge in [0, 0.05) is 36.6 Å². The summed E-state index contributed by atoms with van der Waals surface area (Å²) in [5.41, 5.74) is 1.84. The number of hydrogen-bond acceptors (Lipinski definition) is 6. The Hall–Kier alpha value is -5.38. The molecule has 0 unspecified atom stereocenters. The monoisotopic (exact) mass is 626 g/mol. The number of hydrogen-bond donors (Lipinski definition) is 0. The second-order valence-electron chi connectivity index (χ2n) is 11.1. The van der Waals surface area contributed by atoms with Gasteiger partial charge in [-0.05, 0) is 123 Å². The summed E-state index contributed by atoms with van der Waals surface area (Å²) >= 11 is 0. The molecule has 0 saturated heterocycles. The number of nitrogens with zero attached hydrogens (tertiary/aromatic N) is 2. The maximum absolute atomic E-state index is 13.2. The van der Waals surface area contributed by atoms with Crippen molar-refractivity contribution < 1.29 is 37.4 Å². The van der Waals surface area contributed by atoms with Gasteiger partial charge in [-0.1, -0.05) is 0 Å². The van der Waals surface area contributed by atoms with E-state index in [2.05, 4.69) is 0 Å². The maximum Gasteiger partial charge on any atom is 0.314 e. The summed E-state index contributed by atoms with van der Waals surface area (Å²) in [4.78, 5) is 53.9. The predicted molar refractivity (Wildman–Crippen MR) is 168 cm³/mol. The highest BCUT2D eigenvalue weighted by molar-refractivity contribution is 6.06. The van der Waals surface area contributed by atoms with Crippen molar-refractivity contribution in [1.82, 2.24) is 0 Å². The van der Waals surface area contributed by atoms with Gasteiger partial charge in [-0.25, -0.2) is 8.78 Å². The van der Waals surface area contributed by atoms with Crippen molar-refractivity contribution in [3.05, 3.63) is 120 Å². The van der Waals surface area contributed by atoms with Crippen LogP contribution in [0.2, 0.25) is 0 Å². The molecule has 8 nitrogen and oxygen atoms in total. The second-order valence-corrected chi connectivity index (χ2v) is 11.1. The lowest BCUT2D eigenvalue weighted by Gasteiger charge is -2.26. The fourth-order valence-corrected chi connectivity index (χ4v) is 5.25. The third kappa shape index (κ3) is 7.63. The maximum atomic E-state index is 13.2. The van der Waals surface area contributed by atoms with Crippen LogP contribution in [-0.4, -0.2) is 37.8 Å². The van der Waals surface area contributed by atoms with E-state index >= 15 is 0 Å². The molecule has 1 fully saturated rings. The van der Waals surface area contributed by atoms with Crippen LogP contribution in [0, 0.1) is 23.5 Å². The number of rotatable bonds is 8. The number of ether oxygens (including phenoxy) is 2. The van der Waals surface area contributed by atoms with Gasteiger partial charge in [0.15, 0.2) is 0 Å². The predicted octanol–water partition coefficient (Wildman–Crippen LogP) is 6.84. The molecule has 0 N–H and O–H groups in total. The molecule has 1 aliphatic carbocycles. The van der Waals surface area contributed by atoms with E-state index in [1.165, 1.54) is 58.3 Å². The minimum absolute atomic E-state index is 0.306. The Balaban J connectivity index is 1.08. The van der Waals surface area contributed by atoms with Gasteiger partial charge in [0.25, 0.3) is 11.8 Å². The molecule has 0 spiro atoms. The minimum atomic E-state index is -0.425. The SMILES string of the molecule is CN(C(=O)c1ccc(F)cc1)c1ccc(OC(=O)[C@H]2CC[C@H](C(=O)Oc3ccc(N(C)C(=O)c4ccc(F)cc4)cc3)CC2)cc1. The summed E-state index contributed by atoms with van der Waals surface area (Å²) in [5, 5.41) is 0. The summed E-state index contributed by atoms with van der Waals surface area (Å²) in [6.45, 7) is 0. The number of benzene rings is 4. The van der Waals surface area contributed by atoms with Crippen molar-refractivity contribution in [3.63, 3.8) is 0 Å². The zero-order chi connectivity index (χ0) is 32.8. The number of halogens is 2. The highest BCUT2D eigenvalue weighted by atomic mass is 19.1. The molecule has 10 heteroatoms. The lowest BCUT2D eigenvalue weighted by Crippen LogP contribution is -2.30. The molecule has 46 heavy (non-hydrogen) atoms. The van der Waals surface area contributed by atoms with Crippen LogP contribution in [0.3, 0.4) is 0 Å². The molecule has 0 aliphatic heterocycles. The van der Waals surface area contributed by atoms with E-state index in [1.807, 2.05) is 0 Å². The van der Waals surface area contributed by atoms with Crippen molar-refractivity contribution in [2.75, 3.05) is 23.9 Å². The van der Waals surface area contributed by atoms with Crippen LogP contribution in [0.5, 0.6) is 11.5 Å². The smallest absolute Gasteiger partial charge is 0.314 e. The molecule has 1 aliphatic rings. The van der Waals surface area contributed by atoms with Gasteiger partial charge in [0.1, 0.15) is 23.1 Å². The minimum Gasteiger partial charge on any atom is -0.426 e. The molecule has 0 heterocycles. The van der Waals surface area contributed by atoms with E-state index in [0.717, 1.165) is 0 Å². The van der Waals surface area contributed by atoms with Gasteiger partial charge in [-0.3, -0.25) is 19.2 Å². The fraction of sp³-hybridized carbons (Fsp3) is 0.222. The van der Waals surface area contributed by atoms with Crippen molar-refractivity contribution in [2.24, 2.45) is 11.8 Å². The van der Waals surface area contributed by atoms with Gasteiger partial charge >= 0.3 is 11.9 Å². The molecule has 0 radical (unpaired) electrons. The third-order valence-corrected chi connectivity index (χ3v) is 8.07. The van der Waals surface area contributed by atoms with Gasteiger partial charge in [0.05, 0.1) is 11.8 Å². The van der Waals surface area contributed by atoms with Gasteiger partial charge in [-0.2, -0.15) is 0 Å². The van der Waals surface area contributed by atoms with E-state index in [-0.39, 0.29) is 35.6 Å². The highest BCUT2D eigenvalue weighted by Gasteiger charge is 2.32. The topological polar surface area (TPSA) is 93.2 Å². The summed E-state index contributed by atoms with van der Waals surface area (Å²) in [6, 6.07) is 23.6. The molecule has 0 aromatic heterocycles. The molecule has 1 saturated carbocycles. The molecule has 5 rings (SSSR count). The Morgan fingerprint density at radius 1 is 0.522 bits per heavy atom. The van der Waals surface area contributed by atoms with Crippen LogP contribution >= 0.6 is 0 Å². The number of carbonyl (C=O) groups excluding carboxylic acids is 4. The Kier molecular flexibility index (Phi) is 9.85. The molecular weight excluding hydrogens is 594 g/mol. The average Bonchev–Trinajstić information content (AvgIpc) is 3.08. The lowest BCUT2D eigenvalue weighted by atomic mass is 9.82. The third-order valence-electron chi connectivity index (χ3n) is 8.07. The van der Waals surface area contributed by atoms with Crippen LogP contribution in [0.4, 0.5) is 20.2 Å². The van der Waals surface area contributed by atoms with E-state index in [4.69, 9.17) is 9.47 Å². The number of anilines is 2. The Morgan fingerprint density at radius 2 is 0.826 bits per heavy atom. The van der Waals surface area contributed by atoms with E-state index in [9.17, 15) is 28.0 Å². The van der Waals surface area contributed by atoms with E-state index < -0.39 is 11.6 Å². The van der Waals surface area contributed by atoms with Crippen LogP contribution < -0.4 is 19.3 Å². The molecule has 4 aromatic carbocycles. The summed E-state index contributed by atoms with van der Waals surface area (Å²) in [6.07, 6.45) is 1.89. The van der Waals surface area contributed by atoms with Crippen molar-refractivity contribution >= 4 is 35.1 Å². The molecule has 2 amide bonds. The first-order chi connectivity index (χ1) is 22.1. The number of amides is 2. The van der Waals surface area contributed by atoms with Crippen LogP contribution in [-0.2, 0) is 9.59 Å². The van der Waals surface area contributed by atoms with Crippen LogP contribution in [0.1, 0.15) is 46.4 Å². The van der Waals surface area contributed by atoms with Crippen LogP contribution in [0.25, 0.3) is 0 Å². The highest BCUT2D eigenvalue weighted by Crippen LogP contribution is 2.32. The zero-order valence-electron chi connectivity index (χ0n) is 25.3. The van der Waals surface area contributed by atoms with Crippen molar-refractivity contribution in [2.45, 2.75) is 25.7 Å². The second kappa shape index (κ2) is 14.2. The number of esters is 2. The number of carbonyl (C=O) groups is 4. The standard InChI is InChI=1S/C36H32F2N2O6/c1-39(33(41)23-7-11-27(37)12-8-23)29-15-19-31(20-16-29)45-35(43)25-3-5-26(6-4-25)36(44)46-32-21-17-30(18-22-32)40(2)34(42)24-9-13-28(38)14-10-24/h7-22,25-26H,3-6H2,1-2H3/t25-,26-. The zero-order valence-corrected chi connectivity index (χ0v) is 25.3. The average molecular weight is 627 g/mol. The van der Waals surface area contributed by atoms with Crippen LogP contribution in [0.15, 0.2) is 97.1 Å². The lowest BCUT2D eigenvalue weighted by molar-refractivity contribution is -0.145. The summed E-state index contributed by atoms with van der Waals surface area (Å²) in [5.74, 6) is -2.27. The summed E-state index contributed by atoms with van der Waals surface area (Å²) in [7, 11) is 3.20. The summed E-state index contributed by atoms with van der Waals surface area (Å²) < 4.78 is 37.5. The first-order valence-electron chi connectivity index (χ1n) is 14.8. The van der Waals surface area contributed by atoms with Gasteiger partial charge < -0.3 is 19.3 Å². The van der Waals surface area contributed by atoms with Gasteiger partial charge in [-0.15, -0.1) is 0 Å². The van der Waals surface area contributed by atoms with Gasteiger partial charge in [0.2, 0.25) is 0 Å². The normalized spacial score (nSPS) is 15.8. The Bertz CT molecular complexity index is 1570. The Morgan fingerprint density at radius 3 is 1.13 bits per heavy atom.